The summed E-state index contributed by atoms with van der Waals surface area (Å²) in [5.41, 5.74) is -3.46. The Morgan fingerprint density at radius 2 is 1.85 bits per heavy atom. The van der Waals surface area contributed by atoms with Crippen molar-refractivity contribution >= 4 is 16.9 Å². The van der Waals surface area contributed by atoms with Crippen LogP contribution in [-0.2, 0) is 20.7 Å². The number of rotatable bonds is 13. The molecule has 13 heteroatoms. The lowest BCUT2D eigenvalue weighted by molar-refractivity contribution is -0.397. The van der Waals surface area contributed by atoms with E-state index in [9.17, 15) is 35.4 Å². The van der Waals surface area contributed by atoms with Crippen molar-refractivity contribution in [3.63, 3.8) is 0 Å². The van der Waals surface area contributed by atoms with E-state index < -0.39 is 72.7 Å². The minimum atomic E-state index is -2.32. The Morgan fingerprint density at radius 3 is 2.58 bits per heavy atom. The standard InChI is InChI=1S/C35H51NO12/c1-2-44-27(40)11-9-20-16-21-12-14-45-29(21)31(46-15-13-36-23-6-4-3-5-7-23)30(20)48-33-35(43)28-22(8-10-25(39)24(28)18-37)17-34(42,32(35)41)26(19-38)47-33/h12,14,16,22-26,28,32-33,36-39,41-43H,2-11,13,15,17-19H2,1H3/t22-,24-,25+,26+,28+,32-,33+,34+,35-/m0/s1. The average molecular weight is 678 g/mol. The number of ether oxygens (including phenoxy) is 4. The fourth-order valence-electron chi connectivity index (χ4n) is 8.82. The van der Waals surface area contributed by atoms with Gasteiger partial charge in [0.25, 0.3) is 0 Å². The third-order valence-corrected chi connectivity index (χ3v) is 11.2. The number of furan rings is 1. The summed E-state index contributed by atoms with van der Waals surface area (Å²) in [5.74, 6) is -2.30. The highest BCUT2D eigenvalue weighted by molar-refractivity contribution is 5.87. The number of aliphatic hydroxyl groups is 6. The summed E-state index contributed by atoms with van der Waals surface area (Å²) in [6.07, 6.45) is 2.40. The molecule has 7 N–H and O–H groups in total. The number of aliphatic hydroxyl groups excluding tert-OH is 4. The van der Waals surface area contributed by atoms with Crippen molar-refractivity contribution in [1.82, 2.24) is 5.32 Å². The van der Waals surface area contributed by atoms with Gasteiger partial charge < -0.3 is 59.3 Å². The smallest absolute Gasteiger partial charge is 0.306 e. The number of hydrogen-bond acceptors (Lipinski definition) is 13. The van der Waals surface area contributed by atoms with E-state index in [1.165, 1.54) is 25.5 Å². The molecule has 4 fully saturated rings. The molecule has 4 aliphatic rings. The van der Waals surface area contributed by atoms with E-state index in [1.807, 2.05) is 0 Å². The van der Waals surface area contributed by atoms with Gasteiger partial charge in [0, 0.05) is 42.8 Å². The van der Waals surface area contributed by atoms with Gasteiger partial charge in [0.2, 0.25) is 12.0 Å². The molecule has 3 aliphatic carbocycles. The molecule has 1 aromatic carbocycles. The summed E-state index contributed by atoms with van der Waals surface area (Å²) < 4.78 is 30.1. The first kappa shape index (κ1) is 35.3. The molecule has 268 valence electrons. The first-order chi connectivity index (χ1) is 23.1. The van der Waals surface area contributed by atoms with Crippen LogP contribution in [0, 0.1) is 17.8 Å². The highest BCUT2D eigenvalue weighted by Gasteiger charge is 2.73. The predicted molar refractivity (Wildman–Crippen MR) is 171 cm³/mol. The zero-order valence-electron chi connectivity index (χ0n) is 27.6. The summed E-state index contributed by atoms with van der Waals surface area (Å²) in [5, 5.41) is 71.9. The highest BCUT2D eigenvalue weighted by Crippen LogP contribution is 2.58. The van der Waals surface area contributed by atoms with Gasteiger partial charge in [-0.3, -0.25) is 4.79 Å². The molecular formula is C35H51NO12. The topological polar surface area (TPSA) is 201 Å². The molecule has 0 amide bonds. The molecule has 0 spiro atoms. The molecule has 3 saturated carbocycles. The molecule has 1 aromatic heterocycles. The van der Waals surface area contributed by atoms with Gasteiger partial charge >= 0.3 is 5.97 Å². The molecule has 2 heterocycles. The maximum Gasteiger partial charge on any atom is 0.306 e. The molecule has 2 aromatic rings. The van der Waals surface area contributed by atoms with Gasteiger partial charge in [-0.05, 0) is 69.1 Å². The SMILES string of the molecule is CCOC(=O)CCc1cc2ccoc2c(OCCNC2CCCCC2)c1O[C@H]1O[C@H](CO)[C@]2(O)C[C@@H]3CC[C@@H](O)[C@H](CO)[C@@H]3[C@]1(O)[C@H]2O. The highest BCUT2D eigenvalue weighted by atomic mass is 16.7. The lowest BCUT2D eigenvalue weighted by Crippen LogP contribution is -2.81. The largest absolute Gasteiger partial charge is 0.485 e. The van der Waals surface area contributed by atoms with Gasteiger partial charge in [0.1, 0.15) is 24.4 Å². The Labute approximate surface area is 280 Å². The van der Waals surface area contributed by atoms with Crippen molar-refractivity contribution in [2.24, 2.45) is 17.8 Å². The monoisotopic (exact) mass is 677 g/mol. The fraction of sp³-hybridized carbons (Fsp3) is 0.743. The second kappa shape index (κ2) is 14.8. The third kappa shape index (κ3) is 6.44. The maximum atomic E-state index is 12.6. The van der Waals surface area contributed by atoms with E-state index >= 15 is 0 Å². The Morgan fingerprint density at radius 1 is 1.06 bits per heavy atom. The van der Waals surface area contributed by atoms with Gasteiger partial charge in [-0.1, -0.05) is 19.3 Å². The lowest BCUT2D eigenvalue weighted by Gasteiger charge is -2.64. The Hall–Kier alpha value is -2.49. The fourth-order valence-corrected chi connectivity index (χ4v) is 8.82. The van der Waals surface area contributed by atoms with Crippen LogP contribution in [0.5, 0.6) is 11.5 Å². The summed E-state index contributed by atoms with van der Waals surface area (Å²) in [4.78, 5) is 12.5. The van der Waals surface area contributed by atoms with Crippen LogP contribution in [0.2, 0.25) is 0 Å². The molecule has 0 unspecified atom stereocenters. The molecule has 48 heavy (non-hydrogen) atoms. The van der Waals surface area contributed by atoms with Crippen LogP contribution in [0.4, 0.5) is 0 Å². The molecular weight excluding hydrogens is 626 g/mol. The van der Waals surface area contributed by atoms with Crippen LogP contribution in [0.25, 0.3) is 11.0 Å². The number of aryl methyl sites for hydroxylation is 1. The second-order valence-corrected chi connectivity index (χ2v) is 14.0. The molecule has 0 radical (unpaired) electrons. The van der Waals surface area contributed by atoms with Crippen LogP contribution < -0.4 is 14.8 Å². The summed E-state index contributed by atoms with van der Waals surface area (Å²) in [7, 11) is 0. The van der Waals surface area contributed by atoms with E-state index in [-0.39, 0.29) is 44.0 Å². The van der Waals surface area contributed by atoms with Crippen molar-refractivity contribution < 1.29 is 58.8 Å². The zero-order valence-corrected chi connectivity index (χ0v) is 27.6. The number of hydrogen-bond donors (Lipinski definition) is 7. The van der Waals surface area contributed by atoms with Crippen LogP contribution >= 0.6 is 0 Å². The van der Waals surface area contributed by atoms with Gasteiger partial charge in [0.05, 0.1) is 25.6 Å². The lowest BCUT2D eigenvalue weighted by atomic mass is 9.51. The number of esters is 1. The third-order valence-electron chi connectivity index (χ3n) is 11.2. The maximum absolute atomic E-state index is 12.6. The van der Waals surface area contributed by atoms with Crippen molar-refractivity contribution in [3.05, 3.63) is 24.0 Å². The van der Waals surface area contributed by atoms with Crippen LogP contribution in [-0.4, -0.2) is 111 Å². The first-order valence-corrected chi connectivity index (χ1v) is 17.5. The summed E-state index contributed by atoms with van der Waals surface area (Å²) in [6, 6.07) is 3.95. The van der Waals surface area contributed by atoms with E-state index in [0.29, 0.717) is 42.0 Å². The van der Waals surface area contributed by atoms with Crippen LogP contribution in [0.3, 0.4) is 0 Å². The number of carbonyl (C=O) groups is 1. The van der Waals surface area contributed by atoms with E-state index in [4.69, 9.17) is 23.4 Å². The van der Waals surface area contributed by atoms with E-state index in [0.717, 1.165) is 12.8 Å². The summed E-state index contributed by atoms with van der Waals surface area (Å²) >= 11 is 0. The van der Waals surface area contributed by atoms with Crippen molar-refractivity contribution in [1.29, 1.82) is 0 Å². The average Bonchev–Trinajstić information content (AvgIpc) is 3.55. The van der Waals surface area contributed by atoms with E-state index in [2.05, 4.69) is 5.32 Å². The summed E-state index contributed by atoms with van der Waals surface area (Å²) in [6.45, 7) is 1.58. The molecule has 1 aliphatic heterocycles. The Bertz CT molecular complexity index is 1400. The Balaban J connectivity index is 1.39. The second-order valence-electron chi connectivity index (χ2n) is 14.0. The van der Waals surface area contributed by atoms with Crippen molar-refractivity contribution in [2.75, 3.05) is 33.0 Å². The minimum Gasteiger partial charge on any atom is -0.485 e. The number of nitrogens with one attached hydrogen (secondary N) is 1. The first-order valence-electron chi connectivity index (χ1n) is 17.5. The quantitative estimate of drug-likeness (QED) is 0.119. The number of fused-ring (bicyclic) bond motifs is 5. The normalized spacial score (nSPS) is 35.3. The molecule has 2 bridgehead atoms. The molecule has 9 atom stereocenters. The van der Waals surface area contributed by atoms with Crippen molar-refractivity contribution in [3.8, 4) is 11.5 Å². The number of benzene rings is 1. The van der Waals surface area contributed by atoms with Crippen LogP contribution in [0.1, 0.15) is 70.3 Å². The van der Waals surface area contributed by atoms with Crippen molar-refractivity contribution in [2.45, 2.75) is 113 Å². The van der Waals surface area contributed by atoms with Gasteiger partial charge in [-0.25, -0.2) is 0 Å². The van der Waals surface area contributed by atoms with Crippen LogP contribution in [0.15, 0.2) is 22.8 Å². The van der Waals surface area contributed by atoms with Gasteiger partial charge in [0.15, 0.2) is 16.9 Å². The predicted octanol–water partition coefficient (Wildman–Crippen LogP) is 1.55. The number of carbonyl (C=O) groups excluding carboxylic acids is 1. The minimum absolute atomic E-state index is 0.00614. The molecule has 1 saturated heterocycles. The Kier molecular flexibility index (Phi) is 10.9. The zero-order chi connectivity index (χ0) is 34.1. The van der Waals surface area contributed by atoms with E-state index in [1.54, 1.807) is 19.1 Å². The molecule has 6 rings (SSSR count). The van der Waals surface area contributed by atoms with Gasteiger partial charge in [-0.2, -0.15) is 0 Å². The van der Waals surface area contributed by atoms with Gasteiger partial charge in [-0.15, -0.1) is 0 Å². The molecule has 13 nitrogen and oxygen atoms in total.